The second-order valence-corrected chi connectivity index (χ2v) is 18.6. The third-order valence-electron chi connectivity index (χ3n) is 12.4. The molecule has 0 atom stereocenters. The molecule has 0 saturated carbocycles. The molecule has 2 heterocycles. The minimum atomic E-state index is -2.35. The minimum Gasteiger partial charge on any atom is -0.462 e. The summed E-state index contributed by atoms with van der Waals surface area (Å²) in [5, 5.41) is 20.5. The third-order valence-corrected chi connectivity index (χ3v) is 12.4. The smallest absolute Gasteiger partial charge is 0.349 e. The lowest BCUT2D eigenvalue weighted by Gasteiger charge is -2.39. The van der Waals surface area contributed by atoms with E-state index in [1.165, 1.54) is 0 Å². The number of hydrogen-bond donors (Lipinski definition) is 0. The van der Waals surface area contributed by atoms with Crippen LogP contribution in [-0.2, 0) is 19.1 Å². The molecular formula is C48H48F10N4O4. The zero-order chi connectivity index (χ0) is 48.4. The third kappa shape index (κ3) is 9.83. The molecule has 0 radical (unpaired) electrons. The van der Waals surface area contributed by atoms with E-state index in [9.17, 15) is 46.5 Å². The number of carbonyl (C=O) groups is 2. The van der Waals surface area contributed by atoms with Gasteiger partial charge in [-0.2, -0.15) is 10.5 Å². The van der Waals surface area contributed by atoms with Crippen molar-refractivity contribution in [2.45, 2.75) is 105 Å². The quantitative estimate of drug-likeness (QED) is 0.0372. The molecule has 6 rings (SSSR count). The predicted molar refractivity (Wildman–Crippen MR) is 220 cm³/mol. The SMILES string of the molecule is CC1(C)CC(N2CCCC2)=C(c2c(F)c(F)c(F)c(F)c2F)/C(=C(\C#N)C(=O)OCCCCCCOC(=O)/C(C#N)=C2\CC(C)(C)CC(N3CCCC3)=C2c2c(F)c(F)c(F)c(F)c2F)C1. The molecule has 0 unspecified atom stereocenters. The van der Waals surface area contributed by atoms with Crippen LogP contribution < -0.4 is 0 Å². The van der Waals surface area contributed by atoms with Crippen LogP contribution in [0.4, 0.5) is 43.9 Å². The van der Waals surface area contributed by atoms with Gasteiger partial charge in [-0.25, -0.2) is 53.5 Å². The second kappa shape index (κ2) is 20.0. The fraction of sp³-hybridized carbons (Fsp3) is 0.500. The molecule has 2 saturated heterocycles. The van der Waals surface area contributed by atoms with Crippen molar-refractivity contribution in [3.05, 3.63) is 103 Å². The summed E-state index contributed by atoms with van der Waals surface area (Å²) in [4.78, 5) is 30.5. The summed E-state index contributed by atoms with van der Waals surface area (Å²) >= 11 is 0. The molecule has 2 aliphatic heterocycles. The summed E-state index contributed by atoms with van der Waals surface area (Å²) in [5.41, 5.74) is -5.95. The number of hydrogen-bond acceptors (Lipinski definition) is 8. The van der Waals surface area contributed by atoms with Gasteiger partial charge in [0.25, 0.3) is 0 Å². The molecule has 354 valence electrons. The van der Waals surface area contributed by atoms with Crippen LogP contribution in [0.25, 0.3) is 11.1 Å². The van der Waals surface area contributed by atoms with Crippen LogP contribution in [0.5, 0.6) is 0 Å². The molecule has 4 aliphatic rings. The first kappa shape index (κ1) is 49.6. The highest BCUT2D eigenvalue weighted by Crippen LogP contribution is 2.52. The van der Waals surface area contributed by atoms with E-state index in [-0.39, 0.29) is 74.3 Å². The number of ether oxygens (including phenoxy) is 2. The van der Waals surface area contributed by atoms with Gasteiger partial charge in [0.2, 0.25) is 11.6 Å². The average Bonchev–Trinajstić information content (AvgIpc) is 4.02. The van der Waals surface area contributed by atoms with Crippen LogP contribution >= 0.6 is 0 Å². The van der Waals surface area contributed by atoms with Gasteiger partial charge in [-0.3, -0.25) is 0 Å². The number of likely N-dealkylation sites (tertiary alicyclic amines) is 2. The van der Waals surface area contributed by atoms with Crippen molar-refractivity contribution < 1.29 is 63.0 Å². The lowest BCUT2D eigenvalue weighted by atomic mass is 9.70. The Hall–Kier alpha value is -5.78. The zero-order valence-electron chi connectivity index (χ0n) is 36.9. The maximum Gasteiger partial charge on any atom is 0.349 e. The number of unbranched alkanes of at least 4 members (excludes halogenated alkanes) is 3. The molecule has 8 nitrogen and oxygen atoms in total. The van der Waals surface area contributed by atoms with Crippen molar-refractivity contribution in [2.75, 3.05) is 39.4 Å². The van der Waals surface area contributed by atoms with Crippen LogP contribution in [0, 0.1) is 91.7 Å². The summed E-state index contributed by atoms with van der Waals surface area (Å²) in [6, 6.07) is 3.48. The molecule has 2 aromatic rings. The first-order chi connectivity index (χ1) is 31.2. The van der Waals surface area contributed by atoms with E-state index in [1.807, 2.05) is 0 Å². The van der Waals surface area contributed by atoms with E-state index in [0.717, 1.165) is 0 Å². The summed E-state index contributed by atoms with van der Waals surface area (Å²) in [7, 11) is 0. The number of rotatable bonds is 13. The van der Waals surface area contributed by atoms with Crippen LogP contribution in [0.1, 0.15) is 116 Å². The Morgan fingerprint density at radius 1 is 0.485 bits per heavy atom. The van der Waals surface area contributed by atoms with Crippen molar-refractivity contribution in [3.8, 4) is 12.1 Å². The topological polar surface area (TPSA) is 107 Å². The van der Waals surface area contributed by atoms with E-state index in [4.69, 9.17) is 9.47 Å². The Bertz CT molecular complexity index is 2310. The predicted octanol–water partition coefficient (Wildman–Crippen LogP) is 11.3. The van der Waals surface area contributed by atoms with Crippen molar-refractivity contribution in [3.63, 3.8) is 0 Å². The maximum atomic E-state index is 15.5. The van der Waals surface area contributed by atoms with E-state index >= 15 is 17.6 Å². The van der Waals surface area contributed by atoms with Crippen LogP contribution in [0.15, 0.2) is 33.7 Å². The molecule has 0 bridgehead atoms. The largest absolute Gasteiger partial charge is 0.462 e. The summed E-state index contributed by atoms with van der Waals surface area (Å²) < 4.78 is 160. The van der Waals surface area contributed by atoms with E-state index in [2.05, 4.69) is 0 Å². The Morgan fingerprint density at radius 2 is 0.773 bits per heavy atom. The monoisotopic (exact) mass is 934 g/mol. The van der Waals surface area contributed by atoms with Gasteiger partial charge in [0, 0.05) is 48.7 Å². The highest BCUT2D eigenvalue weighted by molar-refractivity contribution is 6.01. The Kier molecular flexibility index (Phi) is 15.0. The zero-order valence-corrected chi connectivity index (χ0v) is 36.9. The number of allylic oxidation sites excluding steroid dienone is 6. The second-order valence-electron chi connectivity index (χ2n) is 18.6. The lowest BCUT2D eigenvalue weighted by Crippen LogP contribution is -2.31. The summed E-state index contributed by atoms with van der Waals surface area (Å²) in [5.74, 6) is -24.1. The first-order valence-electron chi connectivity index (χ1n) is 21.8. The van der Waals surface area contributed by atoms with Gasteiger partial charge in [0.1, 0.15) is 23.3 Å². The molecule has 2 aliphatic carbocycles. The van der Waals surface area contributed by atoms with Crippen molar-refractivity contribution in [1.29, 1.82) is 10.5 Å². The highest BCUT2D eigenvalue weighted by atomic mass is 19.2. The molecule has 2 aromatic carbocycles. The van der Waals surface area contributed by atoms with Crippen molar-refractivity contribution >= 4 is 23.1 Å². The fourth-order valence-electron chi connectivity index (χ4n) is 9.37. The molecule has 2 fully saturated rings. The van der Waals surface area contributed by atoms with Crippen molar-refractivity contribution in [1.82, 2.24) is 9.80 Å². The lowest BCUT2D eigenvalue weighted by molar-refractivity contribution is -0.140. The highest BCUT2D eigenvalue weighted by Gasteiger charge is 2.43. The van der Waals surface area contributed by atoms with E-state index in [1.54, 1.807) is 49.6 Å². The first-order valence-corrected chi connectivity index (χ1v) is 21.8. The molecule has 18 heteroatoms. The summed E-state index contributed by atoms with van der Waals surface area (Å²) in [6.07, 6.45) is 3.92. The number of carbonyl (C=O) groups excluding carboxylic acids is 2. The van der Waals surface area contributed by atoms with Crippen LogP contribution in [0.3, 0.4) is 0 Å². The average molecular weight is 935 g/mol. The number of nitrogens with zero attached hydrogens (tertiary/aromatic N) is 4. The van der Waals surface area contributed by atoms with Crippen LogP contribution in [0.2, 0.25) is 0 Å². The van der Waals surface area contributed by atoms with Gasteiger partial charge in [0.05, 0.1) is 24.3 Å². The number of nitriles is 2. The number of esters is 2. The van der Waals surface area contributed by atoms with Gasteiger partial charge in [-0.15, -0.1) is 0 Å². The van der Waals surface area contributed by atoms with Gasteiger partial charge >= 0.3 is 11.9 Å². The van der Waals surface area contributed by atoms with E-state index in [0.29, 0.717) is 64.7 Å². The van der Waals surface area contributed by atoms with Crippen LogP contribution in [-0.4, -0.2) is 61.1 Å². The molecule has 66 heavy (non-hydrogen) atoms. The molecule has 0 spiro atoms. The van der Waals surface area contributed by atoms with Crippen molar-refractivity contribution in [2.24, 2.45) is 10.8 Å². The fourth-order valence-corrected chi connectivity index (χ4v) is 9.37. The minimum absolute atomic E-state index is 0.133. The summed E-state index contributed by atoms with van der Waals surface area (Å²) in [6.45, 7) is 8.29. The van der Waals surface area contributed by atoms with Gasteiger partial charge < -0.3 is 19.3 Å². The number of halogens is 10. The normalized spacial score (nSPS) is 19.8. The molecule has 0 aromatic heterocycles. The van der Waals surface area contributed by atoms with Gasteiger partial charge in [0.15, 0.2) is 46.5 Å². The molecule has 0 amide bonds. The van der Waals surface area contributed by atoms with Gasteiger partial charge in [-0.1, -0.05) is 27.7 Å². The Morgan fingerprint density at radius 3 is 1.06 bits per heavy atom. The maximum absolute atomic E-state index is 15.5. The van der Waals surface area contributed by atoms with E-state index < -0.39 is 114 Å². The Labute approximate surface area is 375 Å². The molecular weight excluding hydrogens is 887 g/mol. The number of benzene rings is 2. The van der Waals surface area contributed by atoms with Gasteiger partial charge in [-0.05, 0) is 99.0 Å². The molecule has 0 N–H and O–H groups in total. The standard InChI is InChI=1S/C48H48F10N4O4/c1-47(2)19-25(31(29(21-47)61-13-7-8-14-61)33-35(49)39(53)43(57)40(54)36(33)50)27(23-59)45(63)65-17-11-5-6-12-18-66-46(64)28(24-60)26-20-48(3,4)22-30(62-15-9-10-16-62)32(26)34-37(51)41(55)44(58)42(56)38(34)52/h5-22H2,1-4H3/b27-25+,28-26+. The Balaban J connectivity index is 1.16.